The Hall–Kier alpha value is -2.00. The highest BCUT2D eigenvalue weighted by Crippen LogP contribution is 2.37. The fourth-order valence-electron chi connectivity index (χ4n) is 1.99. The number of halogens is 1. The van der Waals surface area contributed by atoms with E-state index in [1.165, 1.54) is 5.56 Å². The van der Waals surface area contributed by atoms with Gasteiger partial charge in [-0.3, -0.25) is 4.99 Å². The van der Waals surface area contributed by atoms with Crippen LogP contribution in [-0.2, 0) is 0 Å². The van der Waals surface area contributed by atoms with Crippen molar-refractivity contribution in [1.29, 1.82) is 0 Å². The lowest BCUT2D eigenvalue weighted by atomic mass is 10.2. The molecule has 2 rings (SSSR count). The van der Waals surface area contributed by atoms with Crippen molar-refractivity contribution < 1.29 is 9.47 Å². The molecule has 0 radical (unpaired) electrons. The number of aliphatic imine (C=N–C) groups is 1. The molecule has 0 aliphatic heterocycles. The van der Waals surface area contributed by atoms with Crippen LogP contribution in [0.3, 0.4) is 0 Å². The van der Waals surface area contributed by atoms with E-state index in [2.05, 4.69) is 11.9 Å². The molecule has 0 N–H and O–H groups in total. The summed E-state index contributed by atoms with van der Waals surface area (Å²) in [5.74, 6) is 1.19. The van der Waals surface area contributed by atoms with Crippen LogP contribution >= 0.6 is 11.6 Å². The number of nitrogens with zero attached hydrogens (tertiary/aromatic N) is 1. The quantitative estimate of drug-likeness (QED) is 0.646. The van der Waals surface area contributed by atoms with Gasteiger partial charge in [-0.1, -0.05) is 36.2 Å². The van der Waals surface area contributed by atoms with Gasteiger partial charge < -0.3 is 9.47 Å². The van der Waals surface area contributed by atoms with E-state index in [0.29, 0.717) is 16.5 Å². The van der Waals surface area contributed by atoms with Crippen LogP contribution in [0.15, 0.2) is 41.4 Å². The monoisotopic (exact) mass is 331 g/mol. The number of ether oxygens (including phenoxy) is 2. The first-order valence-corrected chi connectivity index (χ1v) is 8.06. The zero-order valence-corrected chi connectivity index (χ0v) is 14.7. The van der Waals surface area contributed by atoms with Crippen molar-refractivity contribution in [2.24, 2.45) is 4.99 Å². The molecule has 0 heterocycles. The Labute approximate surface area is 142 Å². The summed E-state index contributed by atoms with van der Waals surface area (Å²) in [4.78, 5) is 4.46. The van der Waals surface area contributed by atoms with Gasteiger partial charge >= 0.3 is 0 Å². The third-order valence-corrected chi connectivity index (χ3v) is 3.82. The Kier molecular flexibility index (Phi) is 6.05. The molecule has 2 aromatic carbocycles. The third kappa shape index (κ3) is 4.73. The van der Waals surface area contributed by atoms with Crippen molar-refractivity contribution >= 4 is 23.5 Å². The molecule has 122 valence electrons. The van der Waals surface area contributed by atoms with Crippen molar-refractivity contribution in [2.75, 3.05) is 7.11 Å². The fourth-order valence-corrected chi connectivity index (χ4v) is 2.26. The number of hydrogen-bond donors (Lipinski definition) is 0. The average molecular weight is 332 g/mol. The first-order valence-electron chi connectivity index (χ1n) is 7.68. The highest BCUT2D eigenvalue weighted by Gasteiger charge is 2.13. The summed E-state index contributed by atoms with van der Waals surface area (Å²) in [6.45, 7) is 6.12. The van der Waals surface area contributed by atoms with Crippen LogP contribution in [0.5, 0.6) is 11.5 Å². The summed E-state index contributed by atoms with van der Waals surface area (Å²) in [6.07, 6.45) is 2.75. The Morgan fingerprint density at radius 2 is 1.91 bits per heavy atom. The second-order valence-corrected chi connectivity index (χ2v) is 5.87. The Balaban J connectivity index is 2.26. The molecule has 4 heteroatoms. The average Bonchev–Trinajstić information content (AvgIpc) is 2.56. The number of methoxy groups -OCH3 is 1. The lowest BCUT2D eigenvalue weighted by Gasteiger charge is -2.17. The molecule has 23 heavy (non-hydrogen) atoms. The molecule has 0 fully saturated rings. The molecule has 0 saturated carbocycles. The van der Waals surface area contributed by atoms with Gasteiger partial charge in [0.2, 0.25) is 0 Å². The maximum Gasteiger partial charge on any atom is 0.180 e. The van der Waals surface area contributed by atoms with Gasteiger partial charge in [0.15, 0.2) is 11.5 Å². The number of aryl methyl sites for hydroxylation is 1. The maximum absolute atomic E-state index is 6.35. The third-order valence-electron chi connectivity index (χ3n) is 3.54. The van der Waals surface area contributed by atoms with Crippen molar-refractivity contribution in [3.8, 4) is 11.5 Å². The molecule has 0 spiro atoms. The van der Waals surface area contributed by atoms with Crippen LogP contribution < -0.4 is 9.47 Å². The molecule has 2 aromatic rings. The van der Waals surface area contributed by atoms with Gasteiger partial charge in [-0.05, 0) is 50.1 Å². The van der Waals surface area contributed by atoms with E-state index in [9.17, 15) is 0 Å². The van der Waals surface area contributed by atoms with Gasteiger partial charge in [-0.25, -0.2) is 0 Å². The van der Waals surface area contributed by atoms with Gasteiger partial charge in [0.05, 0.1) is 23.9 Å². The van der Waals surface area contributed by atoms with E-state index in [0.717, 1.165) is 17.7 Å². The Morgan fingerprint density at radius 1 is 1.22 bits per heavy atom. The number of rotatable bonds is 6. The Bertz CT molecular complexity index is 681. The fraction of sp³-hybridized carbons (Fsp3) is 0.316. The van der Waals surface area contributed by atoms with Crippen LogP contribution in [0.1, 0.15) is 31.4 Å². The summed E-state index contributed by atoms with van der Waals surface area (Å²) >= 11 is 6.35. The van der Waals surface area contributed by atoms with E-state index in [1.807, 2.05) is 50.2 Å². The standard InChI is InChI=1S/C19H22ClNO2/c1-5-14(3)23-19-17(20)10-15(11-18(19)22-4)12-21-16-8-6-13(2)7-9-16/h6-12,14H,5H2,1-4H3/t14-/m0/s1. The van der Waals surface area contributed by atoms with Crippen LogP contribution in [0, 0.1) is 6.92 Å². The van der Waals surface area contributed by atoms with Gasteiger partial charge in [0.25, 0.3) is 0 Å². The summed E-state index contributed by atoms with van der Waals surface area (Å²) in [6, 6.07) is 11.7. The second kappa shape index (κ2) is 8.02. The van der Waals surface area contributed by atoms with Crippen LogP contribution in [-0.4, -0.2) is 19.4 Å². The van der Waals surface area contributed by atoms with Crippen molar-refractivity contribution in [1.82, 2.24) is 0 Å². The van der Waals surface area contributed by atoms with Gasteiger partial charge in [-0.15, -0.1) is 0 Å². The minimum atomic E-state index is 0.0773. The van der Waals surface area contributed by atoms with Crippen LogP contribution in [0.2, 0.25) is 5.02 Å². The molecular formula is C19H22ClNO2. The topological polar surface area (TPSA) is 30.8 Å². The minimum absolute atomic E-state index is 0.0773. The van der Waals surface area contributed by atoms with E-state index in [4.69, 9.17) is 21.1 Å². The van der Waals surface area contributed by atoms with Gasteiger partial charge in [0.1, 0.15) is 0 Å². The highest BCUT2D eigenvalue weighted by molar-refractivity contribution is 6.32. The highest BCUT2D eigenvalue weighted by atomic mass is 35.5. The van der Waals surface area contributed by atoms with E-state index in [1.54, 1.807) is 13.3 Å². The SMILES string of the molecule is CC[C@H](C)Oc1c(Cl)cc(C=Nc2ccc(C)cc2)cc1OC. The predicted molar refractivity (Wildman–Crippen MR) is 96.8 cm³/mol. The van der Waals surface area contributed by atoms with Gasteiger partial charge in [0, 0.05) is 6.21 Å². The summed E-state index contributed by atoms with van der Waals surface area (Å²) in [5.41, 5.74) is 2.97. The zero-order chi connectivity index (χ0) is 16.8. The molecule has 0 amide bonds. The molecule has 0 aromatic heterocycles. The first-order chi connectivity index (χ1) is 11.0. The predicted octanol–water partition coefficient (Wildman–Crippen LogP) is 5.58. The summed E-state index contributed by atoms with van der Waals surface area (Å²) in [7, 11) is 1.61. The van der Waals surface area contributed by atoms with E-state index >= 15 is 0 Å². The second-order valence-electron chi connectivity index (χ2n) is 5.46. The van der Waals surface area contributed by atoms with Crippen LogP contribution in [0.25, 0.3) is 0 Å². The molecule has 0 unspecified atom stereocenters. The van der Waals surface area contributed by atoms with E-state index in [-0.39, 0.29) is 6.10 Å². The molecule has 0 bridgehead atoms. The van der Waals surface area contributed by atoms with Crippen LogP contribution in [0.4, 0.5) is 5.69 Å². The van der Waals surface area contributed by atoms with Crippen molar-refractivity contribution in [2.45, 2.75) is 33.3 Å². The first kappa shape index (κ1) is 17.4. The molecule has 0 aliphatic carbocycles. The molecule has 0 aliphatic rings. The van der Waals surface area contributed by atoms with Crippen molar-refractivity contribution in [3.63, 3.8) is 0 Å². The van der Waals surface area contributed by atoms with Crippen molar-refractivity contribution in [3.05, 3.63) is 52.5 Å². The van der Waals surface area contributed by atoms with Gasteiger partial charge in [-0.2, -0.15) is 0 Å². The molecule has 3 nitrogen and oxygen atoms in total. The molecule has 0 saturated heterocycles. The van der Waals surface area contributed by atoms with E-state index < -0.39 is 0 Å². The molecular weight excluding hydrogens is 310 g/mol. The smallest absolute Gasteiger partial charge is 0.180 e. The summed E-state index contributed by atoms with van der Waals surface area (Å²) in [5, 5.41) is 0.523. The Morgan fingerprint density at radius 3 is 2.52 bits per heavy atom. The number of hydrogen-bond acceptors (Lipinski definition) is 3. The lowest BCUT2D eigenvalue weighted by molar-refractivity contribution is 0.208. The number of benzene rings is 2. The summed E-state index contributed by atoms with van der Waals surface area (Å²) < 4.78 is 11.3. The lowest BCUT2D eigenvalue weighted by Crippen LogP contribution is -2.11. The molecule has 1 atom stereocenters. The normalized spacial score (nSPS) is 12.4. The minimum Gasteiger partial charge on any atom is -0.493 e. The largest absolute Gasteiger partial charge is 0.493 e. The zero-order valence-electron chi connectivity index (χ0n) is 14.0. The maximum atomic E-state index is 6.35.